The Balaban J connectivity index is 1.28. The third-order valence-corrected chi connectivity index (χ3v) is 7.93. The molecule has 1 aromatic rings. The van der Waals surface area contributed by atoms with Gasteiger partial charge in [0.15, 0.2) is 0 Å². The summed E-state index contributed by atoms with van der Waals surface area (Å²) in [5.74, 6) is 2.71. The number of benzene rings is 1. The first-order chi connectivity index (χ1) is 13.6. The molecule has 6 rings (SSSR count). The normalized spacial score (nSPS) is 35.3. The number of carbonyl (C=O) groups excluding carboxylic acids is 1. The molecule has 5 aliphatic rings. The van der Waals surface area contributed by atoms with Crippen molar-refractivity contribution in [3.63, 3.8) is 0 Å². The van der Waals surface area contributed by atoms with Crippen molar-refractivity contribution >= 4 is 23.6 Å². The van der Waals surface area contributed by atoms with Crippen molar-refractivity contribution in [2.75, 3.05) is 19.6 Å². The fraction of sp³-hybridized carbons (Fsp3) is 0.625. The van der Waals surface area contributed by atoms with Crippen molar-refractivity contribution < 1.29 is 4.79 Å². The number of carbonyl (C=O) groups is 1. The van der Waals surface area contributed by atoms with Gasteiger partial charge in [0.05, 0.1) is 10.6 Å². The smallest absolute Gasteiger partial charge is 0.252 e. The average Bonchev–Trinajstić information content (AvgIpc) is 2.67. The van der Waals surface area contributed by atoms with E-state index < -0.39 is 0 Å². The molecule has 2 N–H and O–H groups in total. The van der Waals surface area contributed by atoms with Crippen LogP contribution in [0.5, 0.6) is 0 Å². The number of piperidine rings is 1. The van der Waals surface area contributed by atoms with E-state index in [1.54, 1.807) is 0 Å². The molecule has 28 heavy (non-hydrogen) atoms. The van der Waals surface area contributed by atoms with Crippen LogP contribution in [0.1, 0.15) is 67.3 Å². The van der Waals surface area contributed by atoms with E-state index in [4.69, 9.17) is 11.6 Å². The van der Waals surface area contributed by atoms with Crippen LogP contribution in [0.25, 0.3) is 6.08 Å². The van der Waals surface area contributed by atoms with Crippen molar-refractivity contribution in [2.45, 2.75) is 51.4 Å². The number of nitrogens with one attached hydrogen (secondary N) is 2. The molecule has 4 heteroatoms. The Morgan fingerprint density at radius 2 is 1.89 bits per heavy atom. The minimum Gasteiger partial charge on any atom is -0.351 e. The van der Waals surface area contributed by atoms with Crippen molar-refractivity contribution in [1.82, 2.24) is 10.6 Å². The first-order valence-electron chi connectivity index (χ1n) is 11.1. The van der Waals surface area contributed by atoms with Gasteiger partial charge in [0, 0.05) is 13.1 Å². The summed E-state index contributed by atoms with van der Waals surface area (Å²) in [7, 11) is 0. The Bertz CT molecular complexity index is 757. The minimum absolute atomic E-state index is 0.0113. The Labute approximate surface area is 173 Å². The van der Waals surface area contributed by atoms with E-state index in [1.807, 2.05) is 18.2 Å². The molecule has 0 spiro atoms. The van der Waals surface area contributed by atoms with Crippen LogP contribution in [0.3, 0.4) is 0 Å². The van der Waals surface area contributed by atoms with Crippen molar-refractivity contribution in [1.29, 1.82) is 0 Å². The summed E-state index contributed by atoms with van der Waals surface area (Å²) in [4.78, 5) is 13.0. The maximum atomic E-state index is 13.0. The highest BCUT2D eigenvalue weighted by molar-refractivity contribution is 6.33. The molecular formula is C24H31ClN2O. The van der Waals surface area contributed by atoms with E-state index in [0.717, 1.165) is 49.4 Å². The number of hydrogen-bond donors (Lipinski definition) is 2. The number of halogens is 1. The van der Waals surface area contributed by atoms with Crippen LogP contribution in [0.2, 0.25) is 5.02 Å². The Hall–Kier alpha value is -1.32. The zero-order valence-electron chi connectivity index (χ0n) is 16.6. The van der Waals surface area contributed by atoms with Crippen molar-refractivity contribution in [2.24, 2.45) is 23.2 Å². The molecule has 0 atom stereocenters. The van der Waals surface area contributed by atoms with Crippen LogP contribution in [0, 0.1) is 23.2 Å². The van der Waals surface area contributed by atoms with Gasteiger partial charge in [0.1, 0.15) is 0 Å². The molecule has 3 nitrogen and oxygen atoms in total. The van der Waals surface area contributed by atoms with Gasteiger partial charge in [-0.15, -0.1) is 0 Å². The van der Waals surface area contributed by atoms with E-state index in [9.17, 15) is 4.79 Å². The summed E-state index contributed by atoms with van der Waals surface area (Å²) in [5, 5.41) is 7.23. The molecule has 5 fully saturated rings. The lowest BCUT2D eigenvalue weighted by Crippen LogP contribution is -2.51. The molecule has 1 heterocycles. The van der Waals surface area contributed by atoms with Crippen LogP contribution in [0.15, 0.2) is 23.8 Å². The molecule has 150 valence electrons. The largest absolute Gasteiger partial charge is 0.351 e. The molecule has 1 amide bonds. The monoisotopic (exact) mass is 398 g/mol. The minimum atomic E-state index is -0.0113. The lowest BCUT2D eigenvalue weighted by Gasteiger charge is -2.56. The number of rotatable bonds is 4. The maximum Gasteiger partial charge on any atom is 0.252 e. The topological polar surface area (TPSA) is 41.1 Å². The second-order valence-electron chi connectivity index (χ2n) is 9.92. The van der Waals surface area contributed by atoms with Crippen LogP contribution in [-0.4, -0.2) is 25.5 Å². The van der Waals surface area contributed by atoms with Gasteiger partial charge in [-0.2, -0.15) is 0 Å². The number of amides is 1. The fourth-order valence-electron chi connectivity index (χ4n) is 6.81. The predicted octanol–water partition coefficient (Wildman–Crippen LogP) is 5.05. The van der Waals surface area contributed by atoms with E-state index in [2.05, 4.69) is 16.7 Å². The Morgan fingerprint density at radius 3 is 2.54 bits per heavy atom. The van der Waals surface area contributed by atoms with E-state index in [1.165, 1.54) is 50.5 Å². The molecule has 1 saturated heterocycles. The van der Waals surface area contributed by atoms with Crippen LogP contribution >= 0.6 is 11.6 Å². The lowest BCUT2D eigenvalue weighted by atomic mass is 9.49. The highest BCUT2D eigenvalue weighted by Crippen LogP contribution is 2.59. The zero-order chi connectivity index (χ0) is 19.1. The fourth-order valence-corrected chi connectivity index (χ4v) is 7.02. The lowest BCUT2D eigenvalue weighted by molar-refractivity contribution is -0.0503. The second-order valence-corrected chi connectivity index (χ2v) is 10.3. The maximum absolute atomic E-state index is 13.0. The second kappa shape index (κ2) is 7.50. The number of hydrogen-bond acceptors (Lipinski definition) is 2. The van der Waals surface area contributed by atoms with Crippen molar-refractivity contribution in [3.05, 3.63) is 39.9 Å². The summed E-state index contributed by atoms with van der Waals surface area (Å²) in [6.45, 7) is 2.85. The summed E-state index contributed by atoms with van der Waals surface area (Å²) in [6.07, 6.45) is 12.8. The van der Waals surface area contributed by atoms with Crippen LogP contribution in [0.4, 0.5) is 0 Å². The molecule has 0 aromatic heterocycles. The van der Waals surface area contributed by atoms with E-state index >= 15 is 0 Å². The Morgan fingerprint density at radius 1 is 1.18 bits per heavy atom. The van der Waals surface area contributed by atoms with E-state index in [0.29, 0.717) is 16.0 Å². The third-order valence-electron chi connectivity index (χ3n) is 7.60. The molecule has 0 unspecified atom stereocenters. The van der Waals surface area contributed by atoms with E-state index in [-0.39, 0.29) is 5.91 Å². The summed E-state index contributed by atoms with van der Waals surface area (Å²) < 4.78 is 0. The van der Waals surface area contributed by atoms with Gasteiger partial charge in [-0.3, -0.25) is 4.79 Å². The highest BCUT2D eigenvalue weighted by Gasteiger charge is 2.50. The highest BCUT2D eigenvalue weighted by atomic mass is 35.5. The summed E-state index contributed by atoms with van der Waals surface area (Å²) in [5.41, 5.74) is 3.44. The standard InChI is InChI=1S/C24H31ClN2O/c25-22-4-3-16(6-17-2-1-5-26-14-17)10-21(22)23(28)27-15-24-11-18-7-19(12-24)9-20(8-18)13-24/h3-4,6,10,18-20,26H,1-2,5,7-9,11-15H2,(H,27,28)/b17-6+. The van der Waals surface area contributed by atoms with Gasteiger partial charge in [-0.05, 0) is 98.8 Å². The SMILES string of the molecule is O=C(NCC12CC3CC(CC(C3)C1)C2)c1cc(/C=C2\CCCNC2)ccc1Cl. The van der Waals surface area contributed by atoms with Gasteiger partial charge in [-0.1, -0.05) is 29.3 Å². The average molecular weight is 399 g/mol. The van der Waals surface area contributed by atoms with Gasteiger partial charge in [0.2, 0.25) is 0 Å². The van der Waals surface area contributed by atoms with Gasteiger partial charge < -0.3 is 10.6 Å². The van der Waals surface area contributed by atoms with Crippen LogP contribution < -0.4 is 10.6 Å². The summed E-state index contributed by atoms with van der Waals surface area (Å²) in [6, 6.07) is 5.84. The molecule has 4 saturated carbocycles. The third kappa shape index (κ3) is 3.76. The molecule has 0 radical (unpaired) electrons. The van der Waals surface area contributed by atoms with Gasteiger partial charge in [-0.25, -0.2) is 0 Å². The van der Waals surface area contributed by atoms with Gasteiger partial charge in [0.25, 0.3) is 5.91 Å². The first kappa shape index (κ1) is 18.7. The summed E-state index contributed by atoms with van der Waals surface area (Å²) >= 11 is 6.39. The predicted molar refractivity (Wildman–Crippen MR) is 114 cm³/mol. The van der Waals surface area contributed by atoms with Crippen molar-refractivity contribution in [3.8, 4) is 0 Å². The molecule has 4 bridgehead atoms. The molecule has 4 aliphatic carbocycles. The van der Waals surface area contributed by atoms with Crippen LogP contribution in [-0.2, 0) is 0 Å². The first-order valence-corrected chi connectivity index (χ1v) is 11.4. The zero-order valence-corrected chi connectivity index (χ0v) is 17.4. The molecule has 1 aromatic carbocycles. The quantitative estimate of drug-likeness (QED) is 0.744. The molecular weight excluding hydrogens is 368 g/mol. The Kier molecular flexibility index (Phi) is 5.00. The molecule has 1 aliphatic heterocycles. The van der Waals surface area contributed by atoms with Gasteiger partial charge >= 0.3 is 0 Å².